The normalized spacial score (nSPS) is 25.0. The Kier molecular flexibility index (Phi) is 4.54. The molecule has 0 bridgehead atoms. The fourth-order valence-corrected chi connectivity index (χ4v) is 3.18. The standard InChI is InChI=1S/C14H20Cl2N2/c1-9(2)18-6-5-11(8-17)14(18)10-3-4-12(15)13(16)7-10/h3-4,7,9,11,14H,5-6,8,17H2,1-2H3. The third-order valence-electron chi connectivity index (χ3n) is 3.81. The van der Waals surface area contributed by atoms with Crippen LogP contribution >= 0.6 is 23.2 Å². The Labute approximate surface area is 119 Å². The predicted octanol–water partition coefficient (Wildman–Crippen LogP) is 3.72. The molecule has 0 spiro atoms. The van der Waals surface area contributed by atoms with Gasteiger partial charge in [-0.3, -0.25) is 4.90 Å². The molecule has 1 aliphatic rings. The minimum Gasteiger partial charge on any atom is -0.330 e. The van der Waals surface area contributed by atoms with Gasteiger partial charge >= 0.3 is 0 Å². The molecular weight excluding hydrogens is 267 g/mol. The van der Waals surface area contributed by atoms with Crippen molar-refractivity contribution in [3.05, 3.63) is 33.8 Å². The smallest absolute Gasteiger partial charge is 0.0595 e. The van der Waals surface area contributed by atoms with Gasteiger partial charge in [-0.05, 0) is 57.0 Å². The Bertz CT molecular complexity index is 420. The molecule has 18 heavy (non-hydrogen) atoms. The van der Waals surface area contributed by atoms with Gasteiger partial charge in [0, 0.05) is 12.1 Å². The topological polar surface area (TPSA) is 29.3 Å². The molecule has 1 aromatic carbocycles. The summed E-state index contributed by atoms with van der Waals surface area (Å²) in [5.41, 5.74) is 7.13. The highest BCUT2D eigenvalue weighted by molar-refractivity contribution is 6.42. The lowest BCUT2D eigenvalue weighted by Crippen LogP contribution is -2.33. The van der Waals surface area contributed by atoms with Crippen LogP contribution in [-0.4, -0.2) is 24.0 Å². The molecule has 2 atom stereocenters. The molecule has 1 heterocycles. The molecule has 0 saturated carbocycles. The highest BCUT2D eigenvalue weighted by Crippen LogP contribution is 2.39. The van der Waals surface area contributed by atoms with E-state index in [2.05, 4.69) is 24.8 Å². The van der Waals surface area contributed by atoms with E-state index in [1.807, 2.05) is 12.1 Å². The number of likely N-dealkylation sites (tertiary alicyclic amines) is 1. The summed E-state index contributed by atoms with van der Waals surface area (Å²) >= 11 is 12.1. The van der Waals surface area contributed by atoms with E-state index >= 15 is 0 Å². The van der Waals surface area contributed by atoms with E-state index in [1.165, 1.54) is 5.56 Å². The first-order chi connectivity index (χ1) is 8.54. The Balaban J connectivity index is 2.34. The van der Waals surface area contributed by atoms with Crippen LogP contribution in [0, 0.1) is 5.92 Å². The van der Waals surface area contributed by atoms with Gasteiger partial charge in [0.15, 0.2) is 0 Å². The van der Waals surface area contributed by atoms with Crippen LogP contribution in [0.3, 0.4) is 0 Å². The Morgan fingerprint density at radius 1 is 1.33 bits per heavy atom. The second kappa shape index (κ2) is 5.79. The number of benzene rings is 1. The minimum absolute atomic E-state index is 0.366. The van der Waals surface area contributed by atoms with Gasteiger partial charge < -0.3 is 5.73 Å². The number of nitrogens with zero attached hydrogens (tertiary/aromatic N) is 1. The monoisotopic (exact) mass is 286 g/mol. The highest BCUT2D eigenvalue weighted by Gasteiger charge is 2.35. The summed E-state index contributed by atoms with van der Waals surface area (Å²) in [7, 11) is 0. The van der Waals surface area contributed by atoms with Gasteiger partial charge in [0.05, 0.1) is 10.0 Å². The van der Waals surface area contributed by atoms with Crippen LogP contribution in [0.4, 0.5) is 0 Å². The molecular formula is C14H20Cl2N2. The van der Waals surface area contributed by atoms with Crippen molar-refractivity contribution in [3.63, 3.8) is 0 Å². The molecule has 1 saturated heterocycles. The van der Waals surface area contributed by atoms with E-state index in [0.717, 1.165) is 13.0 Å². The van der Waals surface area contributed by atoms with Crippen molar-refractivity contribution in [2.24, 2.45) is 11.7 Å². The Hall–Kier alpha value is -0.280. The molecule has 0 radical (unpaired) electrons. The summed E-state index contributed by atoms with van der Waals surface area (Å²) < 4.78 is 0. The van der Waals surface area contributed by atoms with Gasteiger partial charge in [0.2, 0.25) is 0 Å². The number of hydrogen-bond acceptors (Lipinski definition) is 2. The number of rotatable bonds is 3. The molecule has 0 aromatic heterocycles. The van der Waals surface area contributed by atoms with Crippen LogP contribution in [-0.2, 0) is 0 Å². The zero-order valence-corrected chi connectivity index (χ0v) is 12.4. The van der Waals surface area contributed by atoms with E-state index < -0.39 is 0 Å². The zero-order valence-electron chi connectivity index (χ0n) is 10.9. The lowest BCUT2D eigenvalue weighted by Gasteiger charge is -2.31. The Morgan fingerprint density at radius 3 is 2.61 bits per heavy atom. The fraction of sp³-hybridized carbons (Fsp3) is 0.571. The van der Waals surface area contributed by atoms with Crippen molar-refractivity contribution in [1.29, 1.82) is 0 Å². The maximum Gasteiger partial charge on any atom is 0.0595 e. The van der Waals surface area contributed by atoms with Gasteiger partial charge in [-0.2, -0.15) is 0 Å². The zero-order chi connectivity index (χ0) is 13.3. The maximum atomic E-state index is 6.13. The van der Waals surface area contributed by atoms with Gasteiger partial charge in [0.1, 0.15) is 0 Å². The van der Waals surface area contributed by atoms with Crippen molar-refractivity contribution >= 4 is 23.2 Å². The highest BCUT2D eigenvalue weighted by atomic mass is 35.5. The third-order valence-corrected chi connectivity index (χ3v) is 4.55. The molecule has 1 aromatic rings. The summed E-state index contributed by atoms with van der Waals surface area (Å²) in [6, 6.07) is 6.81. The molecule has 2 rings (SSSR count). The predicted molar refractivity (Wildman–Crippen MR) is 78.2 cm³/mol. The van der Waals surface area contributed by atoms with E-state index in [4.69, 9.17) is 28.9 Å². The van der Waals surface area contributed by atoms with Gasteiger partial charge in [-0.1, -0.05) is 29.3 Å². The molecule has 4 heteroatoms. The maximum absolute atomic E-state index is 6.13. The lowest BCUT2D eigenvalue weighted by atomic mass is 9.93. The van der Waals surface area contributed by atoms with Crippen LogP contribution in [0.15, 0.2) is 18.2 Å². The van der Waals surface area contributed by atoms with Crippen LogP contribution in [0.1, 0.15) is 31.9 Å². The average molecular weight is 287 g/mol. The molecule has 1 fully saturated rings. The fourth-order valence-electron chi connectivity index (χ4n) is 2.87. The molecule has 1 aliphatic heterocycles. The first-order valence-corrected chi connectivity index (χ1v) is 7.21. The first kappa shape index (κ1) is 14.1. The second-order valence-corrected chi connectivity index (χ2v) is 6.05. The third kappa shape index (κ3) is 2.67. The van der Waals surface area contributed by atoms with Crippen molar-refractivity contribution in [2.75, 3.05) is 13.1 Å². The van der Waals surface area contributed by atoms with E-state index in [0.29, 0.717) is 34.6 Å². The summed E-state index contributed by atoms with van der Waals surface area (Å²) in [6.07, 6.45) is 1.15. The average Bonchev–Trinajstić information content (AvgIpc) is 2.76. The van der Waals surface area contributed by atoms with Crippen molar-refractivity contribution < 1.29 is 0 Å². The lowest BCUT2D eigenvalue weighted by molar-refractivity contribution is 0.184. The second-order valence-electron chi connectivity index (χ2n) is 5.23. The van der Waals surface area contributed by atoms with E-state index in [-0.39, 0.29) is 0 Å². The quantitative estimate of drug-likeness (QED) is 0.918. The largest absolute Gasteiger partial charge is 0.330 e. The van der Waals surface area contributed by atoms with Crippen LogP contribution in [0.5, 0.6) is 0 Å². The van der Waals surface area contributed by atoms with Crippen molar-refractivity contribution in [3.8, 4) is 0 Å². The summed E-state index contributed by atoms with van der Waals surface area (Å²) in [6.45, 7) is 6.27. The summed E-state index contributed by atoms with van der Waals surface area (Å²) in [5, 5.41) is 1.24. The van der Waals surface area contributed by atoms with E-state index in [1.54, 1.807) is 0 Å². The van der Waals surface area contributed by atoms with Gasteiger partial charge in [-0.25, -0.2) is 0 Å². The minimum atomic E-state index is 0.366. The summed E-state index contributed by atoms with van der Waals surface area (Å²) in [4.78, 5) is 2.50. The van der Waals surface area contributed by atoms with Crippen LogP contribution in [0.2, 0.25) is 10.0 Å². The van der Waals surface area contributed by atoms with Gasteiger partial charge in [-0.15, -0.1) is 0 Å². The molecule has 0 amide bonds. The van der Waals surface area contributed by atoms with Crippen LogP contribution in [0.25, 0.3) is 0 Å². The molecule has 2 N–H and O–H groups in total. The number of nitrogens with two attached hydrogens (primary N) is 1. The van der Waals surface area contributed by atoms with E-state index in [9.17, 15) is 0 Å². The van der Waals surface area contributed by atoms with Crippen molar-refractivity contribution in [1.82, 2.24) is 4.90 Å². The molecule has 0 aliphatic carbocycles. The van der Waals surface area contributed by atoms with Crippen molar-refractivity contribution in [2.45, 2.75) is 32.4 Å². The molecule has 100 valence electrons. The summed E-state index contributed by atoms with van der Waals surface area (Å²) in [5.74, 6) is 0.504. The Morgan fingerprint density at radius 2 is 2.06 bits per heavy atom. The number of hydrogen-bond donors (Lipinski definition) is 1. The molecule has 2 unspecified atom stereocenters. The van der Waals surface area contributed by atoms with Gasteiger partial charge in [0.25, 0.3) is 0 Å². The number of halogens is 2. The van der Waals surface area contributed by atoms with Crippen LogP contribution < -0.4 is 5.73 Å². The molecule has 2 nitrogen and oxygen atoms in total. The first-order valence-electron chi connectivity index (χ1n) is 6.45. The SMILES string of the molecule is CC(C)N1CCC(CN)C1c1ccc(Cl)c(Cl)c1.